The van der Waals surface area contributed by atoms with Gasteiger partial charge in [0.2, 0.25) is 0 Å². The standard InChI is InChI=1S/C22H20/c1-5-13-22(14-6-2)20-10-8-7-9-18(20)19-12-11-17(16(3)4)15-21(19)22/h1-2,7-12,15-16H,13-14H2,3-4H3. The molecule has 0 fully saturated rings. The van der Waals surface area contributed by atoms with Crippen molar-refractivity contribution < 1.29 is 0 Å². The summed E-state index contributed by atoms with van der Waals surface area (Å²) < 4.78 is 0. The number of hydrogen-bond donors (Lipinski definition) is 0. The van der Waals surface area contributed by atoms with Crippen molar-refractivity contribution in [2.45, 2.75) is 38.0 Å². The Labute approximate surface area is 133 Å². The number of terminal acetylenes is 2. The zero-order valence-corrected chi connectivity index (χ0v) is 13.2. The number of rotatable bonds is 3. The van der Waals surface area contributed by atoms with Crippen LogP contribution in [0.1, 0.15) is 49.3 Å². The highest BCUT2D eigenvalue weighted by Crippen LogP contribution is 2.52. The van der Waals surface area contributed by atoms with Crippen molar-refractivity contribution in [3.05, 3.63) is 59.2 Å². The van der Waals surface area contributed by atoms with E-state index in [2.05, 4.69) is 68.2 Å². The van der Waals surface area contributed by atoms with Gasteiger partial charge in [0.25, 0.3) is 0 Å². The van der Waals surface area contributed by atoms with E-state index in [0.717, 1.165) is 0 Å². The van der Waals surface area contributed by atoms with Crippen LogP contribution in [-0.4, -0.2) is 0 Å². The summed E-state index contributed by atoms with van der Waals surface area (Å²) in [5, 5.41) is 0. The van der Waals surface area contributed by atoms with Gasteiger partial charge < -0.3 is 0 Å². The van der Waals surface area contributed by atoms with Crippen molar-refractivity contribution in [3.8, 4) is 35.8 Å². The van der Waals surface area contributed by atoms with Crippen molar-refractivity contribution in [1.82, 2.24) is 0 Å². The average Bonchev–Trinajstić information content (AvgIpc) is 2.79. The van der Waals surface area contributed by atoms with E-state index in [9.17, 15) is 0 Å². The Hall–Kier alpha value is -2.44. The molecule has 0 heteroatoms. The summed E-state index contributed by atoms with van der Waals surface area (Å²) in [6.07, 6.45) is 12.7. The maximum Gasteiger partial charge on any atom is 0.0433 e. The first-order chi connectivity index (χ1) is 10.6. The van der Waals surface area contributed by atoms with Gasteiger partial charge in [-0.25, -0.2) is 0 Å². The van der Waals surface area contributed by atoms with Crippen LogP contribution in [0.3, 0.4) is 0 Å². The fraction of sp³-hybridized carbons (Fsp3) is 0.273. The van der Waals surface area contributed by atoms with Gasteiger partial charge in [-0.05, 0) is 33.7 Å². The minimum Gasteiger partial charge on any atom is -0.120 e. The molecule has 3 rings (SSSR count). The zero-order valence-electron chi connectivity index (χ0n) is 13.2. The molecule has 0 saturated heterocycles. The second kappa shape index (κ2) is 5.40. The third kappa shape index (κ3) is 1.96. The number of benzene rings is 2. The van der Waals surface area contributed by atoms with Gasteiger partial charge in [0.1, 0.15) is 0 Å². The molecule has 0 N–H and O–H groups in total. The van der Waals surface area contributed by atoms with E-state index in [1.807, 2.05) is 0 Å². The Morgan fingerprint density at radius 2 is 1.55 bits per heavy atom. The van der Waals surface area contributed by atoms with E-state index in [1.54, 1.807) is 0 Å². The summed E-state index contributed by atoms with van der Waals surface area (Å²) in [7, 11) is 0. The third-order valence-electron chi connectivity index (χ3n) is 4.77. The molecule has 0 amide bonds. The largest absolute Gasteiger partial charge is 0.120 e. The third-order valence-corrected chi connectivity index (χ3v) is 4.77. The van der Waals surface area contributed by atoms with Crippen LogP contribution in [0.15, 0.2) is 42.5 Å². The molecular formula is C22H20. The molecule has 2 aromatic rings. The van der Waals surface area contributed by atoms with Crippen LogP contribution < -0.4 is 0 Å². The predicted molar refractivity (Wildman–Crippen MR) is 93.6 cm³/mol. The molecule has 0 aliphatic heterocycles. The van der Waals surface area contributed by atoms with Gasteiger partial charge in [0, 0.05) is 18.3 Å². The van der Waals surface area contributed by atoms with Crippen molar-refractivity contribution in [3.63, 3.8) is 0 Å². The second-order valence-corrected chi connectivity index (χ2v) is 6.35. The van der Waals surface area contributed by atoms with Crippen molar-refractivity contribution >= 4 is 0 Å². The fourth-order valence-corrected chi connectivity index (χ4v) is 3.62. The molecule has 0 atom stereocenters. The van der Waals surface area contributed by atoms with Crippen LogP contribution in [0, 0.1) is 24.7 Å². The van der Waals surface area contributed by atoms with Gasteiger partial charge in [0.15, 0.2) is 0 Å². The molecular weight excluding hydrogens is 264 g/mol. The maximum atomic E-state index is 5.72. The molecule has 0 nitrogen and oxygen atoms in total. The molecule has 0 heterocycles. The molecule has 0 saturated carbocycles. The number of hydrogen-bond acceptors (Lipinski definition) is 0. The van der Waals surface area contributed by atoms with Crippen molar-refractivity contribution in [2.75, 3.05) is 0 Å². The summed E-state index contributed by atoms with van der Waals surface area (Å²) in [6, 6.07) is 15.3. The summed E-state index contributed by atoms with van der Waals surface area (Å²) in [5.74, 6) is 6.23. The Kier molecular flexibility index (Phi) is 3.56. The Morgan fingerprint density at radius 3 is 2.18 bits per heavy atom. The molecule has 0 radical (unpaired) electrons. The van der Waals surface area contributed by atoms with E-state index in [4.69, 9.17) is 12.8 Å². The topological polar surface area (TPSA) is 0 Å². The van der Waals surface area contributed by atoms with Crippen LogP contribution in [-0.2, 0) is 5.41 Å². The lowest BCUT2D eigenvalue weighted by Gasteiger charge is -2.28. The fourth-order valence-electron chi connectivity index (χ4n) is 3.62. The van der Waals surface area contributed by atoms with Gasteiger partial charge in [-0.2, -0.15) is 0 Å². The first-order valence-electron chi connectivity index (χ1n) is 7.75. The highest BCUT2D eigenvalue weighted by molar-refractivity contribution is 5.81. The van der Waals surface area contributed by atoms with E-state index < -0.39 is 0 Å². The summed E-state index contributed by atoms with van der Waals surface area (Å²) in [5.41, 5.74) is 6.24. The Bertz CT molecular complexity index is 778. The zero-order chi connectivity index (χ0) is 15.7. The van der Waals surface area contributed by atoms with Crippen LogP contribution in [0.2, 0.25) is 0 Å². The highest BCUT2D eigenvalue weighted by atomic mass is 14.4. The quantitative estimate of drug-likeness (QED) is 0.686. The summed E-state index contributed by atoms with van der Waals surface area (Å²) in [6.45, 7) is 4.43. The van der Waals surface area contributed by atoms with Crippen molar-refractivity contribution in [2.24, 2.45) is 0 Å². The second-order valence-electron chi connectivity index (χ2n) is 6.35. The van der Waals surface area contributed by atoms with E-state index >= 15 is 0 Å². The SMILES string of the molecule is C#CCC1(CC#C)c2ccccc2-c2ccc(C(C)C)cc21. The lowest BCUT2D eigenvalue weighted by molar-refractivity contribution is 0.559. The van der Waals surface area contributed by atoms with Crippen LogP contribution >= 0.6 is 0 Å². The highest BCUT2D eigenvalue weighted by Gasteiger charge is 2.42. The van der Waals surface area contributed by atoms with Gasteiger partial charge in [-0.15, -0.1) is 24.7 Å². The minimum atomic E-state index is -0.236. The predicted octanol–water partition coefficient (Wildman–Crippen LogP) is 5.12. The molecule has 2 aromatic carbocycles. The van der Waals surface area contributed by atoms with Crippen molar-refractivity contribution in [1.29, 1.82) is 0 Å². The molecule has 1 aliphatic carbocycles. The van der Waals surface area contributed by atoms with E-state index in [0.29, 0.717) is 18.8 Å². The lowest BCUT2D eigenvalue weighted by Crippen LogP contribution is -2.24. The molecule has 108 valence electrons. The van der Waals surface area contributed by atoms with Gasteiger partial charge >= 0.3 is 0 Å². The first-order valence-corrected chi connectivity index (χ1v) is 7.75. The molecule has 0 unspecified atom stereocenters. The van der Waals surface area contributed by atoms with Gasteiger partial charge in [-0.3, -0.25) is 0 Å². The molecule has 0 spiro atoms. The normalized spacial score (nSPS) is 14.0. The molecule has 1 aliphatic rings. The first kappa shape index (κ1) is 14.5. The van der Waals surface area contributed by atoms with Gasteiger partial charge in [-0.1, -0.05) is 56.3 Å². The van der Waals surface area contributed by atoms with Crippen LogP contribution in [0.4, 0.5) is 0 Å². The smallest absolute Gasteiger partial charge is 0.0433 e. The van der Waals surface area contributed by atoms with Crippen LogP contribution in [0.5, 0.6) is 0 Å². The average molecular weight is 284 g/mol. The minimum absolute atomic E-state index is 0.236. The molecule has 0 aromatic heterocycles. The van der Waals surface area contributed by atoms with Crippen LogP contribution in [0.25, 0.3) is 11.1 Å². The maximum absolute atomic E-state index is 5.72. The lowest BCUT2D eigenvalue weighted by atomic mass is 9.72. The van der Waals surface area contributed by atoms with E-state index in [1.165, 1.54) is 27.8 Å². The summed E-state index contributed by atoms with van der Waals surface area (Å²) in [4.78, 5) is 0. The Balaban J connectivity index is 2.33. The van der Waals surface area contributed by atoms with Gasteiger partial charge in [0.05, 0.1) is 0 Å². The Morgan fingerprint density at radius 1 is 0.909 bits per heavy atom. The monoisotopic (exact) mass is 284 g/mol. The molecule has 22 heavy (non-hydrogen) atoms. The van der Waals surface area contributed by atoms with E-state index in [-0.39, 0.29) is 5.41 Å². The molecule has 0 bridgehead atoms. The summed E-state index contributed by atoms with van der Waals surface area (Å²) >= 11 is 0. The number of fused-ring (bicyclic) bond motifs is 3.